The molecular weight excluding hydrogens is 264 g/mol. The number of hydrogen-bond acceptors (Lipinski definition) is 4. The van der Waals surface area contributed by atoms with Gasteiger partial charge in [-0.25, -0.2) is 0 Å². The Kier molecular flexibility index (Phi) is 4.54. The molecule has 0 saturated carbocycles. The number of aromatic nitrogens is 1. The summed E-state index contributed by atoms with van der Waals surface area (Å²) in [5, 5.41) is 3.62. The zero-order chi connectivity index (χ0) is 14.7. The third-order valence-corrected chi connectivity index (χ3v) is 4.55. The van der Waals surface area contributed by atoms with E-state index in [1.807, 2.05) is 6.07 Å². The number of nitrogens with one attached hydrogen (secondary N) is 1. The summed E-state index contributed by atoms with van der Waals surface area (Å²) >= 11 is 0. The van der Waals surface area contributed by atoms with E-state index in [-0.39, 0.29) is 5.78 Å². The first-order valence-electron chi connectivity index (χ1n) is 8.11. The maximum atomic E-state index is 12.5. The largest absolute Gasteiger partial charge is 0.492 e. The van der Waals surface area contributed by atoms with Crippen molar-refractivity contribution in [2.45, 2.75) is 57.5 Å². The SMILES string of the molecule is CCCOc1cncc(C(=O)CC2CC3CCC(C2)N3)c1. The van der Waals surface area contributed by atoms with E-state index in [0.29, 0.717) is 42.3 Å². The lowest BCUT2D eigenvalue weighted by atomic mass is 9.87. The molecule has 2 bridgehead atoms. The molecule has 2 saturated heterocycles. The summed E-state index contributed by atoms with van der Waals surface area (Å²) in [6, 6.07) is 3.11. The molecule has 2 unspecified atom stereocenters. The van der Waals surface area contributed by atoms with Crippen LogP contribution in [0.1, 0.15) is 55.8 Å². The van der Waals surface area contributed by atoms with Gasteiger partial charge in [0.2, 0.25) is 0 Å². The highest BCUT2D eigenvalue weighted by Gasteiger charge is 2.34. The molecule has 1 N–H and O–H groups in total. The summed E-state index contributed by atoms with van der Waals surface area (Å²) < 4.78 is 5.56. The van der Waals surface area contributed by atoms with Gasteiger partial charge in [-0.05, 0) is 44.1 Å². The first kappa shape index (κ1) is 14.5. The lowest BCUT2D eigenvalue weighted by Crippen LogP contribution is -2.38. The lowest BCUT2D eigenvalue weighted by molar-refractivity contribution is 0.0944. The van der Waals surface area contributed by atoms with Gasteiger partial charge in [-0.15, -0.1) is 0 Å². The first-order valence-corrected chi connectivity index (χ1v) is 8.11. The van der Waals surface area contributed by atoms with Crippen LogP contribution in [0.4, 0.5) is 0 Å². The van der Waals surface area contributed by atoms with Gasteiger partial charge >= 0.3 is 0 Å². The maximum Gasteiger partial charge on any atom is 0.164 e. The number of ketones is 1. The van der Waals surface area contributed by atoms with Crippen molar-refractivity contribution in [1.82, 2.24) is 10.3 Å². The normalized spacial score (nSPS) is 27.6. The Hall–Kier alpha value is -1.42. The molecule has 4 heteroatoms. The van der Waals surface area contributed by atoms with Crippen molar-refractivity contribution in [3.05, 3.63) is 24.0 Å². The Bertz CT molecular complexity index is 491. The number of fused-ring (bicyclic) bond motifs is 2. The molecule has 0 radical (unpaired) electrons. The minimum atomic E-state index is 0.204. The number of carbonyl (C=O) groups excluding carboxylic acids is 1. The van der Waals surface area contributed by atoms with Gasteiger partial charge in [0.15, 0.2) is 5.78 Å². The molecule has 0 spiro atoms. The van der Waals surface area contributed by atoms with Gasteiger partial charge < -0.3 is 10.1 Å². The van der Waals surface area contributed by atoms with E-state index in [0.717, 1.165) is 19.3 Å². The van der Waals surface area contributed by atoms with Crippen LogP contribution in [-0.4, -0.2) is 29.5 Å². The lowest BCUT2D eigenvalue weighted by Gasteiger charge is -2.28. The molecule has 1 aromatic heterocycles. The number of pyridine rings is 1. The van der Waals surface area contributed by atoms with Gasteiger partial charge in [-0.1, -0.05) is 6.92 Å². The average molecular weight is 288 g/mol. The van der Waals surface area contributed by atoms with E-state index < -0.39 is 0 Å². The second-order valence-corrected chi connectivity index (χ2v) is 6.36. The molecular formula is C17H24N2O2. The molecule has 3 heterocycles. The van der Waals surface area contributed by atoms with Gasteiger partial charge in [0.05, 0.1) is 12.8 Å². The summed E-state index contributed by atoms with van der Waals surface area (Å²) in [4.78, 5) is 16.6. The smallest absolute Gasteiger partial charge is 0.164 e. The molecule has 114 valence electrons. The monoisotopic (exact) mass is 288 g/mol. The molecule has 3 rings (SSSR count). The highest BCUT2D eigenvalue weighted by Crippen LogP contribution is 2.33. The summed E-state index contributed by atoms with van der Waals surface area (Å²) in [5.74, 6) is 1.43. The van der Waals surface area contributed by atoms with Crippen molar-refractivity contribution in [2.75, 3.05) is 6.61 Å². The van der Waals surface area contributed by atoms with Crippen LogP contribution in [0.15, 0.2) is 18.5 Å². The van der Waals surface area contributed by atoms with Gasteiger partial charge in [0.1, 0.15) is 5.75 Å². The van der Waals surface area contributed by atoms with E-state index in [4.69, 9.17) is 4.74 Å². The fraction of sp³-hybridized carbons (Fsp3) is 0.647. The third kappa shape index (κ3) is 3.62. The quantitative estimate of drug-likeness (QED) is 0.818. The summed E-state index contributed by atoms with van der Waals surface area (Å²) in [6.45, 7) is 2.73. The Balaban J connectivity index is 1.60. The maximum absolute atomic E-state index is 12.5. The predicted molar refractivity (Wildman–Crippen MR) is 81.6 cm³/mol. The number of Topliss-reactive ketones (excluding diaryl/α,β-unsaturated/α-hetero) is 1. The molecule has 4 nitrogen and oxygen atoms in total. The zero-order valence-electron chi connectivity index (χ0n) is 12.7. The van der Waals surface area contributed by atoms with E-state index in [2.05, 4.69) is 17.2 Å². The van der Waals surface area contributed by atoms with Gasteiger partial charge in [0, 0.05) is 30.3 Å². The molecule has 2 aliphatic heterocycles. The van der Waals surface area contributed by atoms with E-state index in [1.165, 1.54) is 12.8 Å². The van der Waals surface area contributed by atoms with Crippen molar-refractivity contribution in [3.63, 3.8) is 0 Å². The van der Waals surface area contributed by atoms with Gasteiger partial charge in [0.25, 0.3) is 0 Å². The zero-order valence-corrected chi connectivity index (χ0v) is 12.7. The van der Waals surface area contributed by atoms with Crippen LogP contribution in [0.2, 0.25) is 0 Å². The minimum absolute atomic E-state index is 0.204. The molecule has 0 amide bonds. The Morgan fingerprint density at radius 2 is 2.10 bits per heavy atom. The second kappa shape index (κ2) is 6.56. The van der Waals surface area contributed by atoms with Gasteiger partial charge in [-0.2, -0.15) is 0 Å². The predicted octanol–water partition coefficient (Wildman–Crippen LogP) is 2.97. The van der Waals surface area contributed by atoms with Crippen LogP contribution in [0, 0.1) is 5.92 Å². The van der Waals surface area contributed by atoms with Crippen molar-refractivity contribution >= 4 is 5.78 Å². The van der Waals surface area contributed by atoms with Crippen LogP contribution < -0.4 is 10.1 Å². The van der Waals surface area contributed by atoms with Crippen molar-refractivity contribution in [1.29, 1.82) is 0 Å². The fourth-order valence-corrected chi connectivity index (χ4v) is 3.59. The Morgan fingerprint density at radius 1 is 1.33 bits per heavy atom. The van der Waals surface area contributed by atoms with Crippen LogP contribution >= 0.6 is 0 Å². The van der Waals surface area contributed by atoms with Crippen molar-refractivity contribution in [3.8, 4) is 5.75 Å². The molecule has 0 aliphatic carbocycles. The molecule has 1 aromatic rings. The fourth-order valence-electron chi connectivity index (χ4n) is 3.59. The van der Waals surface area contributed by atoms with Gasteiger partial charge in [-0.3, -0.25) is 9.78 Å². The number of rotatable bonds is 6. The number of ether oxygens (including phenoxy) is 1. The standard InChI is InChI=1S/C17H24N2O2/c1-2-5-21-16-9-13(10-18-11-16)17(20)8-12-6-14-3-4-15(7-12)19-14/h9-12,14-15,19H,2-8H2,1H3. The molecule has 21 heavy (non-hydrogen) atoms. The highest BCUT2D eigenvalue weighted by molar-refractivity contribution is 5.96. The average Bonchev–Trinajstić information content (AvgIpc) is 2.84. The van der Waals surface area contributed by atoms with Crippen LogP contribution in [-0.2, 0) is 0 Å². The van der Waals surface area contributed by atoms with E-state index >= 15 is 0 Å². The van der Waals surface area contributed by atoms with Crippen molar-refractivity contribution < 1.29 is 9.53 Å². The summed E-state index contributed by atoms with van der Waals surface area (Å²) in [6.07, 6.45) is 9.77. The molecule has 0 aromatic carbocycles. The molecule has 2 fully saturated rings. The van der Waals surface area contributed by atoms with Crippen molar-refractivity contribution in [2.24, 2.45) is 5.92 Å². The van der Waals surface area contributed by atoms with E-state index in [9.17, 15) is 4.79 Å². The van der Waals surface area contributed by atoms with E-state index in [1.54, 1.807) is 12.4 Å². The number of nitrogens with zero attached hydrogens (tertiary/aromatic N) is 1. The van der Waals surface area contributed by atoms with Crippen LogP contribution in [0.5, 0.6) is 5.75 Å². The minimum Gasteiger partial charge on any atom is -0.492 e. The molecule has 2 atom stereocenters. The van der Waals surface area contributed by atoms with Crippen LogP contribution in [0.3, 0.4) is 0 Å². The summed E-state index contributed by atoms with van der Waals surface area (Å²) in [5.41, 5.74) is 0.689. The number of piperidine rings is 1. The van der Waals surface area contributed by atoms with Crippen LogP contribution in [0.25, 0.3) is 0 Å². The highest BCUT2D eigenvalue weighted by atomic mass is 16.5. The third-order valence-electron chi connectivity index (χ3n) is 4.55. The Morgan fingerprint density at radius 3 is 2.81 bits per heavy atom. The summed E-state index contributed by atoms with van der Waals surface area (Å²) in [7, 11) is 0. The first-order chi connectivity index (χ1) is 10.2. The Labute approximate surface area is 126 Å². The topological polar surface area (TPSA) is 51.2 Å². The second-order valence-electron chi connectivity index (χ2n) is 6.36. The number of hydrogen-bond donors (Lipinski definition) is 1. The molecule has 2 aliphatic rings. The number of carbonyl (C=O) groups is 1.